The summed E-state index contributed by atoms with van der Waals surface area (Å²) < 4.78 is 14.0. The number of H-pyrrole nitrogens is 1. The molecule has 3 aliphatic heterocycles. The molecule has 0 saturated carbocycles. The van der Waals surface area contributed by atoms with E-state index in [-0.39, 0.29) is 61.4 Å². The Morgan fingerprint density at radius 3 is 2.30 bits per heavy atom. The number of amides is 6. The van der Waals surface area contributed by atoms with Crippen LogP contribution in [0.4, 0.5) is 10.1 Å². The van der Waals surface area contributed by atoms with Gasteiger partial charge in [-0.3, -0.25) is 33.7 Å². The molecule has 4 aromatic rings. The summed E-state index contributed by atoms with van der Waals surface area (Å²) in [5, 5.41) is 22.3. The summed E-state index contributed by atoms with van der Waals surface area (Å²) in [7, 11) is 0. The number of aliphatic hydroxyl groups is 1. The number of nitrogens with zero attached hydrogens (tertiary/aromatic N) is 4. The highest BCUT2D eigenvalue weighted by molar-refractivity contribution is 7.13. The fourth-order valence-corrected chi connectivity index (χ4v) is 10.8. The molecule has 2 fully saturated rings. The van der Waals surface area contributed by atoms with Gasteiger partial charge in [0.1, 0.15) is 17.9 Å². The first-order valence-electron chi connectivity index (χ1n) is 25.7. The Morgan fingerprint density at radius 2 is 1.62 bits per heavy atom. The van der Waals surface area contributed by atoms with Gasteiger partial charge in [-0.2, -0.15) is 0 Å². The number of β-amino-alcohol motifs (C(OH)–C–C–N with tert-alkyl or cyclic N) is 1. The molecule has 0 radical (unpaired) electrons. The highest BCUT2D eigenvalue weighted by Gasteiger charge is 2.44. The Bertz CT molecular complexity index is 2670. The number of fused-ring (bicyclic) bond motifs is 1. The fourth-order valence-electron chi connectivity index (χ4n) is 9.96. The van der Waals surface area contributed by atoms with E-state index in [0.29, 0.717) is 71.8 Å². The summed E-state index contributed by atoms with van der Waals surface area (Å²) in [6.07, 6.45) is 7.60. The van der Waals surface area contributed by atoms with E-state index in [9.17, 15) is 38.3 Å². The first kappa shape index (κ1) is 54.5. The van der Waals surface area contributed by atoms with Crippen molar-refractivity contribution in [3.05, 3.63) is 93.1 Å². The van der Waals surface area contributed by atoms with Crippen molar-refractivity contribution in [3.63, 3.8) is 0 Å². The van der Waals surface area contributed by atoms with E-state index in [1.807, 2.05) is 76.2 Å². The zero-order chi connectivity index (χ0) is 52.4. The number of thiazole rings is 1. The number of unbranched alkanes of at least 4 members (excludes halogenated alkanes) is 5. The zero-order valence-electron chi connectivity index (χ0n) is 43.1. The van der Waals surface area contributed by atoms with E-state index in [4.69, 9.17) is 0 Å². The Labute approximate surface area is 432 Å². The number of hydrogen-bond acceptors (Lipinski definition) is 10. The third-order valence-electron chi connectivity index (χ3n) is 14.2. The number of nitrogens with one attached hydrogen (secondary N) is 5. The van der Waals surface area contributed by atoms with Gasteiger partial charge in [0, 0.05) is 87.7 Å². The van der Waals surface area contributed by atoms with Gasteiger partial charge < -0.3 is 41.2 Å². The minimum absolute atomic E-state index is 0.0157. The van der Waals surface area contributed by atoms with Gasteiger partial charge in [0.2, 0.25) is 23.6 Å². The van der Waals surface area contributed by atoms with Crippen LogP contribution in [0, 0.1) is 32.0 Å². The second kappa shape index (κ2) is 24.7. The van der Waals surface area contributed by atoms with Crippen LogP contribution >= 0.6 is 11.3 Å². The lowest BCUT2D eigenvalue weighted by Gasteiger charge is -2.35. The lowest BCUT2D eigenvalue weighted by Crippen LogP contribution is -2.57. The predicted molar refractivity (Wildman–Crippen MR) is 282 cm³/mol. The molecule has 6 amide bonds. The normalized spacial score (nSPS) is 17.9. The van der Waals surface area contributed by atoms with Crippen LogP contribution in [0.25, 0.3) is 22.1 Å². The Hall–Kier alpha value is -6.24. The highest BCUT2D eigenvalue weighted by atomic mass is 32.1. The molecule has 0 bridgehead atoms. The number of piperazine rings is 1. The van der Waals surface area contributed by atoms with Gasteiger partial charge in [0.25, 0.3) is 11.8 Å². The van der Waals surface area contributed by atoms with Crippen LogP contribution in [0.15, 0.2) is 48.0 Å². The molecule has 16 nitrogen and oxygen atoms in total. The van der Waals surface area contributed by atoms with E-state index in [0.717, 1.165) is 79.9 Å². The third-order valence-corrected chi connectivity index (χ3v) is 15.2. The molecule has 0 aliphatic carbocycles. The topological polar surface area (TPSA) is 209 Å². The van der Waals surface area contributed by atoms with Crippen molar-refractivity contribution in [2.75, 3.05) is 51.1 Å². The SMILES string of the molecule is Cc1ncsc1-c1ccc(CNC(=O)[C@@H]2C[C@@H](O)CN2C(=O)[C@@H](NC(=O)CCCCCCCCC(=O)N2CCN(CCCNC(=O)c3c(C)[nH]c(/C=C4\C(=O)Nc5ccc(F)cc54)c3C)CC2)C(C)(C)C)cc1. The number of halogens is 1. The third kappa shape index (κ3) is 14.1. The molecule has 73 heavy (non-hydrogen) atoms. The van der Waals surface area contributed by atoms with Crippen molar-refractivity contribution in [2.45, 2.75) is 130 Å². The monoisotopic (exact) mass is 1020 g/mol. The number of carbonyl (C=O) groups excluding carboxylic acids is 6. The molecule has 3 aliphatic rings. The lowest BCUT2D eigenvalue weighted by atomic mass is 9.85. The van der Waals surface area contributed by atoms with Gasteiger partial charge in [0.15, 0.2) is 0 Å². The zero-order valence-corrected chi connectivity index (χ0v) is 43.9. The van der Waals surface area contributed by atoms with Gasteiger partial charge in [-0.1, -0.05) is 70.7 Å². The van der Waals surface area contributed by atoms with E-state index >= 15 is 0 Å². The van der Waals surface area contributed by atoms with E-state index in [1.165, 1.54) is 23.1 Å². The predicted octanol–water partition coefficient (Wildman–Crippen LogP) is 6.89. The van der Waals surface area contributed by atoms with Crippen LogP contribution in [-0.2, 0) is 30.5 Å². The maximum Gasteiger partial charge on any atom is 0.256 e. The second-order valence-corrected chi connectivity index (χ2v) is 21.6. The summed E-state index contributed by atoms with van der Waals surface area (Å²) in [6, 6.07) is 10.3. The van der Waals surface area contributed by atoms with Gasteiger partial charge in [-0.05, 0) is 93.0 Å². The molecule has 0 unspecified atom stereocenters. The summed E-state index contributed by atoms with van der Waals surface area (Å²) in [6.45, 7) is 15.7. The van der Waals surface area contributed by atoms with E-state index in [2.05, 4.69) is 36.1 Å². The van der Waals surface area contributed by atoms with Crippen LogP contribution in [0.5, 0.6) is 0 Å². The van der Waals surface area contributed by atoms with Gasteiger partial charge >= 0.3 is 0 Å². The van der Waals surface area contributed by atoms with Crippen LogP contribution in [-0.4, -0.2) is 129 Å². The number of aromatic nitrogens is 2. The lowest BCUT2D eigenvalue weighted by molar-refractivity contribution is -0.144. The number of rotatable bonds is 21. The smallest absolute Gasteiger partial charge is 0.256 e. The number of aromatic amines is 1. The molecular weight excluding hydrogens is 950 g/mol. The largest absolute Gasteiger partial charge is 0.391 e. The van der Waals surface area contributed by atoms with Gasteiger partial charge in [-0.25, -0.2) is 9.37 Å². The molecule has 18 heteroatoms. The molecular formula is C55H72FN9O7S. The van der Waals surface area contributed by atoms with E-state index < -0.39 is 29.4 Å². The summed E-state index contributed by atoms with van der Waals surface area (Å²) in [4.78, 5) is 93.9. The maximum atomic E-state index is 14.0. The summed E-state index contributed by atoms with van der Waals surface area (Å²) in [5.41, 5.74) is 7.99. The first-order valence-corrected chi connectivity index (χ1v) is 26.6. The molecule has 2 aromatic carbocycles. The molecule has 6 N–H and O–H groups in total. The molecule has 5 heterocycles. The number of benzene rings is 2. The summed E-state index contributed by atoms with van der Waals surface area (Å²) >= 11 is 1.58. The van der Waals surface area contributed by atoms with Crippen molar-refractivity contribution in [2.24, 2.45) is 5.41 Å². The molecule has 2 aromatic heterocycles. The van der Waals surface area contributed by atoms with Gasteiger partial charge in [0.05, 0.1) is 33.3 Å². The Morgan fingerprint density at radius 1 is 0.918 bits per heavy atom. The molecule has 7 rings (SSSR count). The van der Waals surface area contributed by atoms with Crippen molar-refractivity contribution >= 4 is 64.1 Å². The van der Waals surface area contributed by atoms with Crippen LogP contribution < -0.4 is 21.3 Å². The number of hydrogen-bond donors (Lipinski definition) is 6. The molecule has 3 atom stereocenters. The van der Waals surface area contributed by atoms with Gasteiger partial charge in [-0.15, -0.1) is 11.3 Å². The maximum absolute atomic E-state index is 14.0. The Kier molecular flexibility index (Phi) is 18.4. The standard InChI is InChI=1S/C55H72FN9O7S/c1-34-44(30-42-41-28-39(56)20-21-43(41)61-51(42)69)60-35(2)48(34)53(71)57-22-13-23-63-24-26-64(27-25-63)47(68)15-12-10-8-7-9-11-14-46(67)62-50(55(4,5)6)54(72)65-32-40(66)29-45(65)52(70)58-31-37-16-18-38(19-17-37)49-36(3)59-33-73-49/h16-21,28,30,33,40,45,50,60,66H,7-15,22-27,29,31-32H2,1-6H3,(H,57,71)(H,58,70)(H,61,69)(H,62,67)/b42-30-/t40-,45+,50-/m1/s1. The van der Waals surface area contributed by atoms with E-state index in [1.54, 1.807) is 17.4 Å². The van der Waals surface area contributed by atoms with Crippen molar-refractivity contribution in [1.29, 1.82) is 0 Å². The average molecular weight is 1020 g/mol. The number of anilines is 1. The van der Waals surface area contributed by atoms with Crippen LogP contribution in [0.3, 0.4) is 0 Å². The Balaban J connectivity index is 0.738. The number of aliphatic hydroxyl groups excluding tert-OH is 1. The van der Waals surface area contributed by atoms with Crippen LogP contribution in [0.2, 0.25) is 0 Å². The number of aryl methyl sites for hydroxylation is 2. The van der Waals surface area contributed by atoms with Crippen molar-refractivity contribution in [3.8, 4) is 10.4 Å². The minimum atomic E-state index is -0.876. The fraction of sp³-hybridized carbons (Fsp3) is 0.509. The number of likely N-dealkylation sites (tertiary alicyclic amines) is 1. The summed E-state index contributed by atoms with van der Waals surface area (Å²) in [5.74, 6) is -1.75. The molecule has 392 valence electrons. The minimum Gasteiger partial charge on any atom is -0.391 e. The highest BCUT2D eigenvalue weighted by Crippen LogP contribution is 2.35. The first-order chi connectivity index (χ1) is 34.9. The quantitative estimate of drug-likeness (QED) is 0.0379. The van der Waals surface area contributed by atoms with Crippen molar-refractivity contribution in [1.82, 2.24) is 40.6 Å². The average Bonchev–Trinajstić information content (AvgIpc) is 4.12. The van der Waals surface area contributed by atoms with Crippen LogP contribution in [0.1, 0.15) is 129 Å². The molecule has 0 spiro atoms. The van der Waals surface area contributed by atoms with Crippen molar-refractivity contribution < 1.29 is 38.3 Å². The number of carbonyl (C=O) groups is 6. The second-order valence-electron chi connectivity index (χ2n) is 20.8. The molecule has 2 saturated heterocycles.